The van der Waals surface area contributed by atoms with E-state index in [4.69, 9.17) is 10.8 Å². The molecule has 21 heavy (non-hydrogen) atoms. The van der Waals surface area contributed by atoms with E-state index >= 15 is 0 Å². The topological polar surface area (TPSA) is 113 Å². The summed E-state index contributed by atoms with van der Waals surface area (Å²) in [7, 11) is 0. The number of phenols is 1. The minimum atomic E-state index is -1.05. The maximum Gasteiger partial charge on any atom is 0.326 e. The van der Waals surface area contributed by atoms with Crippen LogP contribution in [0.3, 0.4) is 0 Å². The van der Waals surface area contributed by atoms with Gasteiger partial charge in [0.2, 0.25) is 5.91 Å². The number of carbonyl (C=O) groups excluding carboxylic acids is 1. The quantitative estimate of drug-likeness (QED) is 0.572. The van der Waals surface area contributed by atoms with Crippen LogP contribution in [0.15, 0.2) is 24.3 Å². The van der Waals surface area contributed by atoms with Crippen LogP contribution in [0.1, 0.15) is 31.7 Å². The van der Waals surface area contributed by atoms with Crippen LogP contribution < -0.4 is 11.1 Å². The van der Waals surface area contributed by atoms with Crippen LogP contribution in [0.25, 0.3) is 0 Å². The maximum absolute atomic E-state index is 11.9. The number of unbranched alkanes of at least 4 members (excludes halogenated alkanes) is 1. The summed E-state index contributed by atoms with van der Waals surface area (Å²) in [6.45, 7) is 1.96. The van der Waals surface area contributed by atoms with Crippen LogP contribution in [0.5, 0.6) is 5.75 Å². The van der Waals surface area contributed by atoms with E-state index in [0.717, 1.165) is 18.4 Å². The van der Waals surface area contributed by atoms with Gasteiger partial charge in [0, 0.05) is 0 Å². The number of hydrogen-bond donors (Lipinski definition) is 4. The molecule has 6 heteroatoms. The first kappa shape index (κ1) is 17.0. The van der Waals surface area contributed by atoms with Crippen molar-refractivity contribution in [2.75, 3.05) is 0 Å². The van der Waals surface area contributed by atoms with E-state index in [-0.39, 0.29) is 12.2 Å². The molecule has 1 rings (SSSR count). The number of aromatic hydroxyl groups is 1. The lowest BCUT2D eigenvalue weighted by Gasteiger charge is -2.17. The van der Waals surface area contributed by atoms with Crippen LogP contribution in [0, 0.1) is 0 Å². The second-order valence-electron chi connectivity index (χ2n) is 5.02. The Morgan fingerprint density at radius 3 is 2.43 bits per heavy atom. The van der Waals surface area contributed by atoms with Crippen molar-refractivity contribution >= 4 is 11.9 Å². The predicted octanol–water partition coefficient (Wildman–Crippen LogP) is 1.02. The maximum atomic E-state index is 11.9. The number of carbonyl (C=O) groups is 2. The first-order valence-corrected chi connectivity index (χ1v) is 7.00. The van der Waals surface area contributed by atoms with Gasteiger partial charge in [0.25, 0.3) is 0 Å². The van der Waals surface area contributed by atoms with Crippen LogP contribution in [-0.2, 0) is 16.0 Å². The normalized spacial score (nSPS) is 13.4. The Kier molecular flexibility index (Phi) is 6.68. The van der Waals surface area contributed by atoms with Gasteiger partial charge in [-0.05, 0) is 30.5 Å². The van der Waals surface area contributed by atoms with Crippen LogP contribution >= 0.6 is 0 Å². The van der Waals surface area contributed by atoms with Gasteiger partial charge in [0.1, 0.15) is 11.8 Å². The molecule has 0 bridgehead atoms. The zero-order valence-corrected chi connectivity index (χ0v) is 12.1. The fourth-order valence-corrected chi connectivity index (χ4v) is 1.92. The van der Waals surface area contributed by atoms with Gasteiger partial charge < -0.3 is 21.3 Å². The van der Waals surface area contributed by atoms with Crippen molar-refractivity contribution in [3.63, 3.8) is 0 Å². The number of nitrogens with one attached hydrogen (secondary N) is 1. The number of benzene rings is 1. The van der Waals surface area contributed by atoms with Crippen molar-refractivity contribution in [1.29, 1.82) is 0 Å². The Morgan fingerprint density at radius 2 is 1.90 bits per heavy atom. The molecular weight excluding hydrogens is 272 g/mol. The number of hydrogen-bond acceptors (Lipinski definition) is 4. The molecule has 0 aliphatic carbocycles. The Hall–Kier alpha value is -2.08. The summed E-state index contributed by atoms with van der Waals surface area (Å²) < 4.78 is 0. The number of rotatable bonds is 8. The molecule has 0 unspecified atom stereocenters. The van der Waals surface area contributed by atoms with E-state index < -0.39 is 24.0 Å². The summed E-state index contributed by atoms with van der Waals surface area (Å²) in [5.74, 6) is -1.39. The minimum absolute atomic E-state index is 0.141. The van der Waals surface area contributed by atoms with Crippen molar-refractivity contribution in [1.82, 2.24) is 5.32 Å². The highest BCUT2D eigenvalue weighted by Crippen LogP contribution is 2.11. The molecule has 1 aromatic carbocycles. The summed E-state index contributed by atoms with van der Waals surface area (Å²) in [5, 5.41) is 20.7. The molecule has 0 aromatic heterocycles. The van der Waals surface area contributed by atoms with E-state index in [1.165, 1.54) is 12.1 Å². The SMILES string of the molecule is CCCC[C@H](NC(=O)[C@@H](N)Cc1ccc(O)cc1)C(=O)O. The summed E-state index contributed by atoms with van der Waals surface area (Å²) in [6, 6.07) is 4.66. The second-order valence-corrected chi connectivity index (χ2v) is 5.02. The molecule has 0 radical (unpaired) electrons. The Bertz CT molecular complexity index is 473. The average molecular weight is 294 g/mol. The van der Waals surface area contributed by atoms with Gasteiger partial charge in [-0.3, -0.25) is 4.79 Å². The Balaban J connectivity index is 2.56. The van der Waals surface area contributed by atoms with Crippen molar-refractivity contribution < 1.29 is 19.8 Å². The third kappa shape index (κ3) is 5.83. The minimum Gasteiger partial charge on any atom is -0.508 e. The molecule has 0 heterocycles. The number of amides is 1. The van der Waals surface area contributed by atoms with E-state index in [9.17, 15) is 14.7 Å². The molecule has 0 spiro atoms. The van der Waals surface area contributed by atoms with E-state index in [0.29, 0.717) is 6.42 Å². The van der Waals surface area contributed by atoms with Gasteiger partial charge in [0.15, 0.2) is 0 Å². The molecule has 116 valence electrons. The van der Waals surface area contributed by atoms with Crippen molar-refractivity contribution in [3.8, 4) is 5.75 Å². The predicted molar refractivity (Wildman–Crippen MR) is 78.9 cm³/mol. The second kappa shape index (κ2) is 8.26. The molecule has 0 saturated carbocycles. The fourth-order valence-electron chi connectivity index (χ4n) is 1.92. The third-order valence-corrected chi connectivity index (χ3v) is 3.19. The van der Waals surface area contributed by atoms with Gasteiger partial charge >= 0.3 is 5.97 Å². The van der Waals surface area contributed by atoms with Gasteiger partial charge in [0.05, 0.1) is 6.04 Å². The highest BCUT2D eigenvalue weighted by atomic mass is 16.4. The standard InChI is InChI=1S/C15H22N2O4/c1-2-3-4-13(15(20)21)17-14(19)12(16)9-10-5-7-11(18)8-6-10/h5-8,12-13,18H,2-4,9,16H2,1H3,(H,17,19)(H,20,21)/t12-,13-/m0/s1. The van der Waals surface area contributed by atoms with Gasteiger partial charge in [-0.15, -0.1) is 0 Å². The number of phenolic OH excluding ortho intramolecular Hbond substituents is 1. The molecule has 6 nitrogen and oxygen atoms in total. The highest BCUT2D eigenvalue weighted by molar-refractivity contribution is 5.86. The zero-order valence-electron chi connectivity index (χ0n) is 12.1. The van der Waals surface area contributed by atoms with Crippen LogP contribution in [0.4, 0.5) is 0 Å². The van der Waals surface area contributed by atoms with Crippen LogP contribution in [-0.4, -0.2) is 34.2 Å². The average Bonchev–Trinajstić information content (AvgIpc) is 2.45. The molecule has 1 amide bonds. The van der Waals surface area contributed by atoms with E-state index in [1.54, 1.807) is 12.1 Å². The molecular formula is C15H22N2O4. The summed E-state index contributed by atoms with van der Waals surface area (Å²) in [5.41, 5.74) is 6.60. The third-order valence-electron chi connectivity index (χ3n) is 3.19. The summed E-state index contributed by atoms with van der Waals surface area (Å²) >= 11 is 0. The molecule has 0 saturated heterocycles. The first-order valence-electron chi connectivity index (χ1n) is 7.00. The van der Waals surface area contributed by atoms with Crippen molar-refractivity contribution in [3.05, 3.63) is 29.8 Å². The van der Waals surface area contributed by atoms with Gasteiger partial charge in [-0.2, -0.15) is 0 Å². The molecule has 5 N–H and O–H groups in total. The van der Waals surface area contributed by atoms with Gasteiger partial charge in [-0.25, -0.2) is 4.79 Å². The van der Waals surface area contributed by atoms with E-state index in [1.807, 2.05) is 6.92 Å². The lowest BCUT2D eigenvalue weighted by atomic mass is 10.0. The summed E-state index contributed by atoms with van der Waals surface area (Å²) in [6.07, 6.45) is 2.26. The molecule has 0 aliphatic rings. The lowest BCUT2D eigenvalue weighted by molar-refractivity contribution is -0.142. The largest absolute Gasteiger partial charge is 0.508 e. The molecule has 2 atom stereocenters. The van der Waals surface area contributed by atoms with Gasteiger partial charge in [-0.1, -0.05) is 31.9 Å². The molecule has 1 aromatic rings. The van der Waals surface area contributed by atoms with Crippen molar-refractivity contribution in [2.45, 2.75) is 44.7 Å². The zero-order chi connectivity index (χ0) is 15.8. The fraction of sp³-hybridized carbons (Fsp3) is 0.467. The Morgan fingerprint density at radius 1 is 1.29 bits per heavy atom. The monoisotopic (exact) mass is 294 g/mol. The lowest BCUT2D eigenvalue weighted by Crippen LogP contribution is -2.49. The van der Waals surface area contributed by atoms with E-state index in [2.05, 4.69) is 5.32 Å². The molecule has 0 aliphatic heterocycles. The number of carboxylic acids is 1. The van der Waals surface area contributed by atoms with Crippen molar-refractivity contribution in [2.24, 2.45) is 5.73 Å². The Labute approximate surface area is 124 Å². The first-order chi connectivity index (χ1) is 9.93. The summed E-state index contributed by atoms with van der Waals surface area (Å²) in [4.78, 5) is 23.0. The number of nitrogens with two attached hydrogens (primary N) is 1. The smallest absolute Gasteiger partial charge is 0.326 e. The number of carboxylic acid groups (broad SMARTS) is 1. The number of aliphatic carboxylic acids is 1. The molecule has 0 fully saturated rings. The van der Waals surface area contributed by atoms with Crippen LogP contribution in [0.2, 0.25) is 0 Å². The highest BCUT2D eigenvalue weighted by Gasteiger charge is 2.22.